The van der Waals surface area contributed by atoms with E-state index >= 15 is 0 Å². The second-order valence-corrected chi connectivity index (χ2v) is 5.42. The van der Waals surface area contributed by atoms with Crippen LogP contribution in [0.5, 0.6) is 0 Å². The lowest BCUT2D eigenvalue weighted by Gasteiger charge is -2.31. The molecule has 6 nitrogen and oxygen atoms in total. The summed E-state index contributed by atoms with van der Waals surface area (Å²) in [5.74, 6) is -1.73. The van der Waals surface area contributed by atoms with Gasteiger partial charge >= 0.3 is 12.1 Å². The van der Waals surface area contributed by atoms with Gasteiger partial charge in [0.2, 0.25) is 5.91 Å². The SMILES string of the molecule is NC1(C(=O)Nc2ccc3oc(C(F)(F)F)nc3c2)CCOCC1. The second-order valence-electron chi connectivity index (χ2n) is 5.42. The van der Waals surface area contributed by atoms with Gasteiger partial charge in [-0.2, -0.15) is 13.2 Å². The van der Waals surface area contributed by atoms with Crippen LogP contribution in [-0.4, -0.2) is 29.6 Å². The molecule has 0 atom stereocenters. The summed E-state index contributed by atoms with van der Waals surface area (Å²) in [7, 11) is 0. The Bertz CT molecular complexity index is 736. The molecule has 9 heteroatoms. The average Bonchev–Trinajstić information content (AvgIpc) is 2.91. The van der Waals surface area contributed by atoms with Crippen molar-refractivity contribution in [3.63, 3.8) is 0 Å². The standard InChI is InChI=1S/C14H14F3N3O3/c15-14(16,17)12-20-9-7-8(1-2-10(9)23-12)19-11(21)13(18)3-5-22-6-4-13/h1-2,7H,3-6,18H2,(H,19,21). The summed E-state index contributed by atoms with van der Waals surface area (Å²) in [5.41, 5.74) is 5.31. The number of anilines is 1. The van der Waals surface area contributed by atoms with E-state index in [0.29, 0.717) is 31.7 Å². The van der Waals surface area contributed by atoms with Crippen LogP contribution in [0.4, 0.5) is 18.9 Å². The van der Waals surface area contributed by atoms with Gasteiger partial charge in [-0.15, -0.1) is 0 Å². The zero-order chi connectivity index (χ0) is 16.7. The number of hydrogen-bond donors (Lipinski definition) is 2. The number of alkyl halides is 3. The van der Waals surface area contributed by atoms with Crippen molar-refractivity contribution in [1.82, 2.24) is 4.98 Å². The Labute approximate surface area is 128 Å². The molecule has 0 bridgehead atoms. The molecule has 0 unspecified atom stereocenters. The summed E-state index contributed by atoms with van der Waals surface area (Å²) < 4.78 is 47.5. The number of rotatable bonds is 2. The number of fused-ring (bicyclic) bond motifs is 1. The van der Waals surface area contributed by atoms with E-state index in [-0.39, 0.29) is 11.1 Å². The summed E-state index contributed by atoms with van der Waals surface area (Å²) in [4.78, 5) is 15.7. The maximum Gasteiger partial charge on any atom is 0.468 e. The molecule has 23 heavy (non-hydrogen) atoms. The molecule has 124 valence electrons. The third-order valence-corrected chi connectivity index (χ3v) is 3.73. The fourth-order valence-corrected chi connectivity index (χ4v) is 2.34. The smallest absolute Gasteiger partial charge is 0.433 e. The van der Waals surface area contributed by atoms with E-state index < -0.39 is 23.5 Å². The van der Waals surface area contributed by atoms with Crippen molar-refractivity contribution >= 4 is 22.7 Å². The first kappa shape index (κ1) is 15.8. The van der Waals surface area contributed by atoms with Crippen molar-refractivity contribution in [2.24, 2.45) is 5.73 Å². The van der Waals surface area contributed by atoms with E-state index in [0.717, 1.165) is 0 Å². The Morgan fingerprint density at radius 3 is 2.65 bits per heavy atom. The summed E-state index contributed by atoms with van der Waals surface area (Å²) in [6.45, 7) is 0.780. The average molecular weight is 329 g/mol. The quantitative estimate of drug-likeness (QED) is 0.882. The zero-order valence-electron chi connectivity index (χ0n) is 11.9. The van der Waals surface area contributed by atoms with E-state index in [9.17, 15) is 18.0 Å². The molecule has 1 fully saturated rings. The first-order valence-electron chi connectivity index (χ1n) is 6.94. The molecule has 2 aromatic rings. The van der Waals surface area contributed by atoms with Gasteiger partial charge in [0, 0.05) is 18.9 Å². The van der Waals surface area contributed by atoms with E-state index in [1.165, 1.54) is 18.2 Å². The van der Waals surface area contributed by atoms with Crippen LogP contribution in [0.25, 0.3) is 11.1 Å². The highest BCUT2D eigenvalue weighted by Gasteiger charge is 2.38. The van der Waals surface area contributed by atoms with Gasteiger partial charge in [-0.05, 0) is 31.0 Å². The van der Waals surface area contributed by atoms with Gasteiger partial charge in [-0.3, -0.25) is 4.79 Å². The molecule has 1 aliphatic rings. The number of halogens is 3. The van der Waals surface area contributed by atoms with Crippen LogP contribution in [0.1, 0.15) is 18.7 Å². The van der Waals surface area contributed by atoms with Crippen molar-refractivity contribution in [3.05, 3.63) is 24.1 Å². The minimum Gasteiger partial charge on any atom is -0.433 e. The number of nitrogens with one attached hydrogen (secondary N) is 1. The van der Waals surface area contributed by atoms with Gasteiger partial charge in [0.05, 0.1) is 0 Å². The van der Waals surface area contributed by atoms with E-state index in [1.54, 1.807) is 0 Å². The number of carbonyl (C=O) groups is 1. The van der Waals surface area contributed by atoms with Crippen LogP contribution in [0.2, 0.25) is 0 Å². The van der Waals surface area contributed by atoms with E-state index in [4.69, 9.17) is 10.5 Å². The van der Waals surface area contributed by atoms with E-state index in [2.05, 4.69) is 14.7 Å². The van der Waals surface area contributed by atoms with Gasteiger partial charge in [-0.25, -0.2) is 4.98 Å². The van der Waals surface area contributed by atoms with Crippen molar-refractivity contribution in [1.29, 1.82) is 0 Å². The highest BCUT2D eigenvalue weighted by Crippen LogP contribution is 2.32. The predicted molar refractivity (Wildman–Crippen MR) is 74.6 cm³/mol. The number of nitrogens with two attached hydrogens (primary N) is 1. The number of aromatic nitrogens is 1. The summed E-state index contributed by atoms with van der Waals surface area (Å²) in [5, 5.41) is 2.61. The van der Waals surface area contributed by atoms with Gasteiger partial charge in [0.25, 0.3) is 0 Å². The minimum atomic E-state index is -4.66. The molecular weight excluding hydrogens is 315 g/mol. The van der Waals surface area contributed by atoms with Gasteiger partial charge in [0.1, 0.15) is 11.1 Å². The van der Waals surface area contributed by atoms with Crippen molar-refractivity contribution in [2.45, 2.75) is 24.6 Å². The largest absolute Gasteiger partial charge is 0.468 e. The van der Waals surface area contributed by atoms with Gasteiger partial charge < -0.3 is 20.2 Å². The first-order chi connectivity index (χ1) is 10.8. The van der Waals surface area contributed by atoms with Crippen LogP contribution in [-0.2, 0) is 15.7 Å². The normalized spacial score (nSPS) is 18.1. The highest BCUT2D eigenvalue weighted by atomic mass is 19.4. The molecule has 1 amide bonds. The lowest BCUT2D eigenvalue weighted by molar-refractivity contribution is -0.156. The predicted octanol–water partition coefficient (Wildman–Crippen LogP) is 2.29. The van der Waals surface area contributed by atoms with Crippen molar-refractivity contribution in [2.75, 3.05) is 18.5 Å². The maximum absolute atomic E-state index is 12.6. The Balaban J connectivity index is 1.82. The molecule has 1 saturated heterocycles. The Kier molecular flexibility index (Phi) is 3.77. The molecular formula is C14H14F3N3O3. The summed E-state index contributed by atoms with van der Waals surface area (Å²) in [6.07, 6.45) is -3.90. The monoisotopic (exact) mass is 329 g/mol. The Morgan fingerprint density at radius 1 is 1.30 bits per heavy atom. The molecule has 0 radical (unpaired) electrons. The van der Waals surface area contributed by atoms with Crippen molar-refractivity contribution in [3.8, 4) is 0 Å². The Morgan fingerprint density at radius 2 is 2.00 bits per heavy atom. The molecule has 0 saturated carbocycles. The number of amides is 1. The minimum absolute atomic E-state index is 0.00757. The van der Waals surface area contributed by atoms with Crippen LogP contribution >= 0.6 is 0 Å². The summed E-state index contributed by atoms with van der Waals surface area (Å²) in [6, 6.07) is 4.07. The molecule has 1 aromatic heterocycles. The fraction of sp³-hybridized carbons (Fsp3) is 0.429. The van der Waals surface area contributed by atoms with Gasteiger partial charge in [-0.1, -0.05) is 0 Å². The number of benzene rings is 1. The topological polar surface area (TPSA) is 90.4 Å². The third kappa shape index (κ3) is 3.15. The summed E-state index contributed by atoms with van der Waals surface area (Å²) >= 11 is 0. The number of carbonyl (C=O) groups excluding carboxylic acids is 1. The molecule has 2 heterocycles. The molecule has 3 rings (SSSR count). The second kappa shape index (κ2) is 5.50. The number of oxazole rings is 1. The first-order valence-corrected chi connectivity index (χ1v) is 6.94. The number of nitrogens with zero attached hydrogens (tertiary/aromatic N) is 1. The van der Waals surface area contributed by atoms with Gasteiger partial charge in [0.15, 0.2) is 5.58 Å². The van der Waals surface area contributed by atoms with Crippen molar-refractivity contribution < 1.29 is 27.1 Å². The lowest BCUT2D eigenvalue weighted by Crippen LogP contribution is -2.54. The maximum atomic E-state index is 12.6. The van der Waals surface area contributed by atoms with Crippen LogP contribution in [0, 0.1) is 0 Å². The van der Waals surface area contributed by atoms with E-state index in [1.807, 2.05) is 0 Å². The Hall–Kier alpha value is -2.13. The molecule has 1 aliphatic heterocycles. The zero-order valence-corrected chi connectivity index (χ0v) is 11.9. The van der Waals surface area contributed by atoms with Crippen LogP contribution in [0.3, 0.4) is 0 Å². The fourth-order valence-electron chi connectivity index (χ4n) is 2.34. The highest BCUT2D eigenvalue weighted by molar-refractivity contribution is 5.99. The third-order valence-electron chi connectivity index (χ3n) is 3.73. The van der Waals surface area contributed by atoms with Crippen LogP contribution in [0.15, 0.2) is 22.6 Å². The number of ether oxygens (including phenoxy) is 1. The lowest BCUT2D eigenvalue weighted by atomic mass is 9.90. The molecule has 0 spiro atoms. The number of hydrogen-bond acceptors (Lipinski definition) is 5. The van der Waals surface area contributed by atoms with Crippen LogP contribution < -0.4 is 11.1 Å². The molecule has 1 aromatic carbocycles. The molecule has 3 N–H and O–H groups in total. The molecule has 0 aliphatic carbocycles.